The van der Waals surface area contributed by atoms with Crippen LogP contribution >= 0.6 is 0 Å². The van der Waals surface area contributed by atoms with E-state index in [1.54, 1.807) is 7.11 Å². The van der Waals surface area contributed by atoms with Gasteiger partial charge in [0.15, 0.2) is 0 Å². The first-order chi connectivity index (χ1) is 6.52. The molecule has 0 aromatic rings. The maximum atomic E-state index is 9.18. The molecule has 0 bridgehead atoms. The zero-order chi connectivity index (χ0) is 10.8. The predicted octanol–water partition coefficient (Wildman–Crippen LogP) is -0.257. The van der Waals surface area contributed by atoms with E-state index in [4.69, 9.17) is 9.84 Å². The number of ether oxygens (including phenoxy) is 1. The molecule has 0 aromatic carbocycles. The van der Waals surface area contributed by atoms with Crippen LogP contribution in [-0.4, -0.2) is 48.7 Å². The molecule has 1 fully saturated rings. The highest BCUT2D eigenvalue weighted by Gasteiger charge is 2.48. The number of rotatable bonds is 5. The largest absolute Gasteiger partial charge is 0.394 e. The third-order valence-electron chi connectivity index (χ3n) is 3.27. The zero-order valence-electron chi connectivity index (χ0n) is 9.16. The maximum Gasteiger partial charge on any atom is 0.0895 e. The Morgan fingerprint density at radius 1 is 1.57 bits per heavy atom. The van der Waals surface area contributed by atoms with Crippen molar-refractivity contribution in [3.8, 4) is 0 Å². The lowest BCUT2D eigenvalue weighted by Crippen LogP contribution is -2.61. The molecule has 1 rings (SSSR count). The van der Waals surface area contributed by atoms with E-state index in [-0.39, 0.29) is 12.0 Å². The number of nitrogens with one attached hydrogen (secondary N) is 1. The third-order valence-corrected chi connectivity index (χ3v) is 3.27. The van der Waals surface area contributed by atoms with E-state index in [0.717, 1.165) is 6.42 Å². The molecule has 1 aliphatic carbocycles. The van der Waals surface area contributed by atoms with Crippen molar-refractivity contribution in [2.45, 2.75) is 38.5 Å². The molecule has 0 amide bonds. The lowest BCUT2D eigenvalue weighted by molar-refractivity contribution is -0.0997. The average molecular weight is 203 g/mol. The van der Waals surface area contributed by atoms with Gasteiger partial charge in [-0.05, 0) is 6.42 Å². The highest BCUT2D eigenvalue weighted by molar-refractivity contribution is 5.02. The first-order valence-corrected chi connectivity index (χ1v) is 5.07. The zero-order valence-corrected chi connectivity index (χ0v) is 9.16. The number of aliphatic hydroxyl groups is 2. The minimum Gasteiger partial charge on any atom is -0.394 e. The van der Waals surface area contributed by atoms with Gasteiger partial charge in [0, 0.05) is 25.1 Å². The topological polar surface area (TPSA) is 61.7 Å². The summed E-state index contributed by atoms with van der Waals surface area (Å²) in [5.74, 6) is 0. The first kappa shape index (κ1) is 11.9. The molecule has 4 heteroatoms. The molecular formula is C10H21NO3. The Kier molecular flexibility index (Phi) is 3.89. The summed E-state index contributed by atoms with van der Waals surface area (Å²) in [7, 11) is 1.73. The van der Waals surface area contributed by atoms with E-state index in [1.807, 2.05) is 0 Å². The fourth-order valence-corrected chi connectivity index (χ4v) is 1.97. The molecular weight excluding hydrogens is 182 g/mol. The van der Waals surface area contributed by atoms with Crippen molar-refractivity contribution < 1.29 is 14.9 Å². The molecule has 1 aliphatic rings. The van der Waals surface area contributed by atoms with Gasteiger partial charge in [0.05, 0.1) is 18.8 Å². The minimum atomic E-state index is -0.660. The number of hydrogen-bond donors (Lipinski definition) is 3. The lowest BCUT2D eigenvalue weighted by Gasteiger charge is -2.51. The normalized spacial score (nSPS) is 32.4. The van der Waals surface area contributed by atoms with Gasteiger partial charge < -0.3 is 20.3 Å². The highest BCUT2D eigenvalue weighted by Crippen LogP contribution is 2.42. The number of aliphatic hydroxyl groups excluding tert-OH is 2. The third kappa shape index (κ3) is 2.25. The summed E-state index contributed by atoms with van der Waals surface area (Å²) in [5, 5.41) is 21.1. The molecule has 0 heterocycles. The van der Waals surface area contributed by atoms with Crippen LogP contribution in [0.15, 0.2) is 0 Å². The van der Waals surface area contributed by atoms with E-state index in [9.17, 15) is 5.11 Å². The Balaban J connectivity index is 2.28. The molecule has 4 nitrogen and oxygen atoms in total. The standard InChI is InChI=1S/C10H21NO3/c1-10(2)8(4-9(10)14-3)11-5-7(13)6-12/h7-9,11-13H,4-6H2,1-3H3/t7-,8?,9?/m0/s1. The fourth-order valence-electron chi connectivity index (χ4n) is 1.97. The summed E-state index contributed by atoms with van der Waals surface area (Å²) in [6, 6.07) is 0.369. The lowest BCUT2D eigenvalue weighted by atomic mass is 9.64. The van der Waals surface area contributed by atoms with Crippen LogP contribution in [0.2, 0.25) is 0 Å². The van der Waals surface area contributed by atoms with Crippen LogP contribution in [0.5, 0.6) is 0 Å². The van der Waals surface area contributed by atoms with Crippen molar-refractivity contribution >= 4 is 0 Å². The van der Waals surface area contributed by atoms with Crippen molar-refractivity contribution in [3.63, 3.8) is 0 Å². The van der Waals surface area contributed by atoms with Gasteiger partial charge in [-0.1, -0.05) is 13.8 Å². The first-order valence-electron chi connectivity index (χ1n) is 5.07. The van der Waals surface area contributed by atoms with Crippen molar-refractivity contribution in [1.29, 1.82) is 0 Å². The van der Waals surface area contributed by atoms with E-state index in [2.05, 4.69) is 19.2 Å². The SMILES string of the molecule is COC1CC(NC[C@H](O)CO)C1(C)C. The van der Waals surface area contributed by atoms with Crippen molar-refractivity contribution in [3.05, 3.63) is 0 Å². The van der Waals surface area contributed by atoms with Crippen LogP contribution in [0, 0.1) is 5.41 Å². The smallest absolute Gasteiger partial charge is 0.0895 e. The Morgan fingerprint density at radius 2 is 2.21 bits per heavy atom. The molecule has 2 unspecified atom stereocenters. The summed E-state index contributed by atoms with van der Waals surface area (Å²) < 4.78 is 5.31. The molecule has 0 spiro atoms. The fraction of sp³-hybridized carbons (Fsp3) is 1.00. The molecule has 3 atom stereocenters. The monoisotopic (exact) mass is 203 g/mol. The molecule has 84 valence electrons. The van der Waals surface area contributed by atoms with Gasteiger partial charge in [-0.3, -0.25) is 0 Å². The van der Waals surface area contributed by atoms with E-state index in [1.165, 1.54) is 0 Å². The van der Waals surface area contributed by atoms with Gasteiger partial charge in [-0.2, -0.15) is 0 Å². The summed E-state index contributed by atoms with van der Waals surface area (Å²) >= 11 is 0. The second-order valence-electron chi connectivity index (χ2n) is 4.58. The van der Waals surface area contributed by atoms with Gasteiger partial charge in [-0.15, -0.1) is 0 Å². The van der Waals surface area contributed by atoms with Crippen LogP contribution in [-0.2, 0) is 4.74 Å². The summed E-state index contributed by atoms with van der Waals surface area (Å²) in [6.07, 6.45) is 0.612. The van der Waals surface area contributed by atoms with Crippen LogP contribution in [0.3, 0.4) is 0 Å². The van der Waals surface area contributed by atoms with Gasteiger partial charge >= 0.3 is 0 Å². The van der Waals surface area contributed by atoms with E-state index < -0.39 is 6.10 Å². The van der Waals surface area contributed by atoms with Crippen molar-refractivity contribution in [1.82, 2.24) is 5.32 Å². The van der Waals surface area contributed by atoms with Gasteiger partial charge in [-0.25, -0.2) is 0 Å². The average Bonchev–Trinajstić information content (AvgIpc) is 2.16. The van der Waals surface area contributed by atoms with Crippen LogP contribution in [0.4, 0.5) is 0 Å². The maximum absolute atomic E-state index is 9.18. The van der Waals surface area contributed by atoms with E-state index in [0.29, 0.717) is 18.7 Å². The molecule has 0 radical (unpaired) electrons. The van der Waals surface area contributed by atoms with Crippen LogP contribution in [0.25, 0.3) is 0 Å². The summed E-state index contributed by atoms with van der Waals surface area (Å²) in [5.41, 5.74) is 0.115. The molecule has 0 aliphatic heterocycles. The van der Waals surface area contributed by atoms with Gasteiger partial charge in [0.2, 0.25) is 0 Å². The molecule has 1 saturated carbocycles. The Hall–Kier alpha value is -0.160. The Bertz CT molecular complexity index is 184. The second kappa shape index (κ2) is 4.57. The Morgan fingerprint density at radius 3 is 2.64 bits per heavy atom. The molecule has 0 aromatic heterocycles. The Labute approximate surface area is 85.3 Å². The molecule has 14 heavy (non-hydrogen) atoms. The quantitative estimate of drug-likeness (QED) is 0.576. The number of methoxy groups -OCH3 is 1. The number of hydrogen-bond acceptors (Lipinski definition) is 4. The van der Waals surface area contributed by atoms with Crippen molar-refractivity contribution in [2.24, 2.45) is 5.41 Å². The van der Waals surface area contributed by atoms with Gasteiger partial charge in [0.25, 0.3) is 0 Å². The molecule has 3 N–H and O–H groups in total. The van der Waals surface area contributed by atoms with Crippen LogP contribution in [0.1, 0.15) is 20.3 Å². The summed E-state index contributed by atoms with van der Waals surface area (Å²) in [4.78, 5) is 0. The molecule has 0 saturated heterocycles. The minimum absolute atomic E-state index is 0.115. The second-order valence-corrected chi connectivity index (χ2v) is 4.58. The highest BCUT2D eigenvalue weighted by atomic mass is 16.5. The van der Waals surface area contributed by atoms with E-state index >= 15 is 0 Å². The van der Waals surface area contributed by atoms with Gasteiger partial charge in [0.1, 0.15) is 0 Å². The summed E-state index contributed by atoms with van der Waals surface area (Å²) in [6.45, 7) is 4.55. The predicted molar refractivity (Wildman–Crippen MR) is 54.1 cm³/mol. The van der Waals surface area contributed by atoms with Crippen molar-refractivity contribution in [2.75, 3.05) is 20.3 Å². The van der Waals surface area contributed by atoms with Crippen LogP contribution < -0.4 is 5.32 Å².